The van der Waals surface area contributed by atoms with Gasteiger partial charge >= 0.3 is 5.97 Å². The van der Waals surface area contributed by atoms with E-state index in [4.69, 9.17) is 10.5 Å². The lowest BCUT2D eigenvalue weighted by atomic mass is 9.75. The van der Waals surface area contributed by atoms with Gasteiger partial charge in [-0.1, -0.05) is 40.0 Å². The highest BCUT2D eigenvalue weighted by atomic mass is 16.5. The van der Waals surface area contributed by atoms with Crippen LogP contribution in [0, 0.1) is 17.8 Å². The Hall–Kier alpha value is -0.570. The first-order valence-electron chi connectivity index (χ1n) is 8.38. The molecule has 2 saturated carbocycles. The molecule has 3 heteroatoms. The molecule has 2 N–H and O–H groups in total. The fourth-order valence-electron chi connectivity index (χ4n) is 4.00. The quantitative estimate of drug-likeness (QED) is 0.800. The summed E-state index contributed by atoms with van der Waals surface area (Å²) in [5.41, 5.74) is 6.00. The average molecular weight is 281 g/mol. The molecule has 2 rings (SSSR count). The molecule has 0 saturated heterocycles. The Morgan fingerprint density at radius 1 is 1.30 bits per heavy atom. The third-order valence-electron chi connectivity index (χ3n) is 5.34. The van der Waals surface area contributed by atoms with Crippen molar-refractivity contribution >= 4 is 5.97 Å². The minimum atomic E-state index is -0.287. The number of nitrogens with two attached hydrogens (primary N) is 1. The van der Waals surface area contributed by atoms with Gasteiger partial charge in [-0.2, -0.15) is 0 Å². The Labute approximate surface area is 123 Å². The van der Waals surface area contributed by atoms with E-state index < -0.39 is 0 Å². The maximum absolute atomic E-state index is 12.2. The minimum Gasteiger partial charge on any atom is -0.462 e. The van der Waals surface area contributed by atoms with Crippen molar-refractivity contribution in [3.05, 3.63) is 0 Å². The van der Waals surface area contributed by atoms with Gasteiger partial charge in [-0.05, 0) is 43.4 Å². The number of hydrogen-bond donors (Lipinski definition) is 1. The first-order valence-corrected chi connectivity index (χ1v) is 8.38. The van der Waals surface area contributed by atoms with Gasteiger partial charge < -0.3 is 10.5 Å². The summed E-state index contributed by atoms with van der Waals surface area (Å²) in [5, 5.41) is 0. The van der Waals surface area contributed by atoms with Gasteiger partial charge in [-0.25, -0.2) is 0 Å². The smallest absolute Gasteiger partial charge is 0.307 e. The first kappa shape index (κ1) is 15.8. The van der Waals surface area contributed by atoms with Crippen LogP contribution < -0.4 is 5.73 Å². The minimum absolute atomic E-state index is 0.0702. The van der Waals surface area contributed by atoms with Crippen LogP contribution in [0.1, 0.15) is 72.1 Å². The normalized spacial score (nSPS) is 33.4. The van der Waals surface area contributed by atoms with Crippen molar-refractivity contribution in [1.82, 2.24) is 0 Å². The van der Waals surface area contributed by atoms with Crippen molar-refractivity contribution in [2.24, 2.45) is 23.5 Å². The van der Waals surface area contributed by atoms with Gasteiger partial charge in [0.15, 0.2) is 0 Å². The molecule has 0 spiro atoms. The lowest BCUT2D eigenvalue weighted by Gasteiger charge is -2.37. The highest BCUT2D eigenvalue weighted by molar-refractivity contribution is 5.71. The van der Waals surface area contributed by atoms with Gasteiger partial charge in [0.25, 0.3) is 0 Å². The van der Waals surface area contributed by atoms with Crippen molar-refractivity contribution in [1.29, 1.82) is 0 Å². The molecule has 0 aromatic rings. The van der Waals surface area contributed by atoms with Gasteiger partial charge in [0, 0.05) is 5.54 Å². The van der Waals surface area contributed by atoms with E-state index >= 15 is 0 Å². The van der Waals surface area contributed by atoms with Gasteiger partial charge in [-0.3, -0.25) is 4.79 Å². The Bertz CT molecular complexity index is 334. The summed E-state index contributed by atoms with van der Waals surface area (Å²) in [7, 11) is 0. The molecule has 0 amide bonds. The Kier molecular flexibility index (Phi) is 5.11. The van der Waals surface area contributed by atoms with Crippen molar-refractivity contribution in [2.45, 2.75) is 83.8 Å². The standard InChI is InChI=1S/C17H31NO2/c1-12(2)14-7-6-13(3)10-15(14)20-16(19)11-17(18)8-4-5-9-17/h12-15H,4-11,18H2,1-3H3. The highest BCUT2D eigenvalue weighted by Crippen LogP contribution is 2.36. The lowest BCUT2D eigenvalue weighted by Crippen LogP contribution is -2.42. The van der Waals surface area contributed by atoms with Crippen LogP contribution in [0.2, 0.25) is 0 Å². The summed E-state index contributed by atoms with van der Waals surface area (Å²) in [6.45, 7) is 6.74. The van der Waals surface area contributed by atoms with Crippen LogP contribution >= 0.6 is 0 Å². The summed E-state index contributed by atoms with van der Waals surface area (Å²) in [5.74, 6) is 1.70. The Morgan fingerprint density at radius 3 is 2.55 bits per heavy atom. The van der Waals surface area contributed by atoms with Crippen molar-refractivity contribution in [3.63, 3.8) is 0 Å². The molecular weight excluding hydrogens is 250 g/mol. The molecular formula is C17H31NO2. The second-order valence-corrected chi connectivity index (χ2v) is 7.60. The predicted octanol–water partition coefficient (Wildman–Crippen LogP) is 3.65. The first-order chi connectivity index (χ1) is 9.39. The van der Waals surface area contributed by atoms with Gasteiger partial charge in [0.05, 0.1) is 6.42 Å². The second kappa shape index (κ2) is 6.46. The molecule has 116 valence electrons. The molecule has 0 heterocycles. The summed E-state index contributed by atoms with van der Waals surface area (Å²) in [4.78, 5) is 12.2. The molecule has 0 aliphatic heterocycles. The summed E-state index contributed by atoms with van der Waals surface area (Å²) >= 11 is 0. The summed E-state index contributed by atoms with van der Waals surface area (Å²) < 4.78 is 5.84. The van der Waals surface area contributed by atoms with Gasteiger partial charge in [0.1, 0.15) is 6.10 Å². The van der Waals surface area contributed by atoms with E-state index in [2.05, 4.69) is 20.8 Å². The topological polar surface area (TPSA) is 52.3 Å². The van der Waals surface area contributed by atoms with Crippen molar-refractivity contribution < 1.29 is 9.53 Å². The van der Waals surface area contributed by atoms with Crippen LogP contribution in [0.25, 0.3) is 0 Å². The molecule has 2 fully saturated rings. The van der Waals surface area contributed by atoms with E-state index in [1.165, 1.54) is 12.8 Å². The van der Waals surface area contributed by atoms with Gasteiger partial charge in [-0.15, -0.1) is 0 Å². The van der Waals surface area contributed by atoms with E-state index in [-0.39, 0.29) is 17.6 Å². The number of carbonyl (C=O) groups is 1. The monoisotopic (exact) mass is 281 g/mol. The molecule has 3 atom stereocenters. The zero-order valence-corrected chi connectivity index (χ0v) is 13.4. The van der Waals surface area contributed by atoms with E-state index in [0.29, 0.717) is 24.2 Å². The van der Waals surface area contributed by atoms with Crippen LogP contribution in [0.5, 0.6) is 0 Å². The average Bonchev–Trinajstić information content (AvgIpc) is 2.74. The number of ether oxygens (including phenoxy) is 1. The maximum atomic E-state index is 12.2. The van der Waals surface area contributed by atoms with Crippen LogP contribution in [0.15, 0.2) is 0 Å². The van der Waals surface area contributed by atoms with Crippen LogP contribution in [-0.2, 0) is 9.53 Å². The molecule has 0 aromatic heterocycles. The number of rotatable bonds is 4. The third kappa shape index (κ3) is 3.97. The maximum Gasteiger partial charge on any atom is 0.307 e. The molecule has 0 bridgehead atoms. The number of hydrogen-bond acceptors (Lipinski definition) is 3. The largest absolute Gasteiger partial charge is 0.462 e. The van der Waals surface area contributed by atoms with E-state index in [9.17, 15) is 4.79 Å². The molecule has 0 radical (unpaired) electrons. The van der Waals surface area contributed by atoms with Crippen molar-refractivity contribution in [3.8, 4) is 0 Å². The molecule has 20 heavy (non-hydrogen) atoms. The Morgan fingerprint density at radius 2 is 1.95 bits per heavy atom. The highest BCUT2D eigenvalue weighted by Gasteiger charge is 2.36. The van der Waals surface area contributed by atoms with Crippen LogP contribution in [0.3, 0.4) is 0 Å². The predicted molar refractivity (Wildman–Crippen MR) is 81.2 cm³/mol. The molecule has 2 aliphatic carbocycles. The molecule has 2 aliphatic rings. The molecule has 3 unspecified atom stereocenters. The third-order valence-corrected chi connectivity index (χ3v) is 5.34. The SMILES string of the molecule is CC1CCC(C(C)C)C(OC(=O)CC2(N)CCCC2)C1. The van der Waals surface area contributed by atoms with Crippen LogP contribution in [0.4, 0.5) is 0 Å². The van der Waals surface area contributed by atoms with E-state index in [1.807, 2.05) is 0 Å². The van der Waals surface area contributed by atoms with Gasteiger partial charge in [0.2, 0.25) is 0 Å². The number of esters is 1. The lowest BCUT2D eigenvalue weighted by molar-refractivity contribution is -0.157. The fraction of sp³-hybridized carbons (Fsp3) is 0.941. The van der Waals surface area contributed by atoms with Crippen LogP contribution in [-0.4, -0.2) is 17.6 Å². The zero-order valence-electron chi connectivity index (χ0n) is 13.4. The summed E-state index contributed by atoms with van der Waals surface area (Å²) in [6.07, 6.45) is 8.22. The number of carbonyl (C=O) groups excluding carboxylic acids is 1. The molecule has 0 aromatic carbocycles. The Balaban J connectivity index is 1.90. The van der Waals surface area contributed by atoms with Crippen molar-refractivity contribution in [2.75, 3.05) is 0 Å². The summed E-state index contributed by atoms with van der Waals surface area (Å²) in [6, 6.07) is 0. The zero-order chi connectivity index (χ0) is 14.8. The second-order valence-electron chi connectivity index (χ2n) is 7.60. The van der Waals surface area contributed by atoms with E-state index in [1.54, 1.807) is 0 Å². The molecule has 3 nitrogen and oxygen atoms in total. The fourth-order valence-corrected chi connectivity index (χ4v) is 4.00. The van der Waals surface area contributed by atoms with E-state index in [0.717, 1.165) is 32.1 Å².